The van der Waals surface area contributed by atoms with E-state index in [9.17, 15) is 0 Å². The van der Waals surface area contributed by atoms with Gasteiger partial charge in [-0.2, -0.15) is 5.26 Å². The maximum absolute atomic E-state index is 8.60. The lowest BCUT2D eigenvalue weighted by atomic mass is 9.86. The van der Waals surface area contributed by atoms with Crippen LogP contribution in [0, 0.1) is 17.2 Å². The highest BCUT2D eigenvalue weighted by molar-refractivity contribution is 5.49. The molecule has 2 aliphatic rings. The van der Waals surface area contributed by atoms with E-state index in [0.29, 0.717) is 18.3 Å². The Morgan fingerprint density at radius 3 is 3.10 bits per heavy atom. The van der Waals surface area contributed by atoms with Crippen molar-refractivity contribution in [2.24, 2.45) is 5.92 Å². The summed E-state index contributed by atoms with van der Waals surface area (Å²) in [6, 6.07) is 8.28. The molecule has 2 atom stereocenters. The second kappa shape index (κ2) is 6.36. The lowest BCUT2D eigenvalue weighted by Crippen LogP contribution is -2.25. The van der Waals surface area contributed by atoms with Gasteiger partial charge in [-0.05, 0) is 31.5 Å². The summed E-state index contributed by atoms with van der Waals surface area (Å²) in [6.45, 7) is 4.06. The van der Waals surface area contributed by atoms with Gasteiger partial charge in [0.2, 0.25) is 0 Å². The van der Waals surface area contributed by atoms with Crippen molar-refractivity contribution in [2.45, 2.75) is 25.2 Å². The van der Waals surface area contributed by atoms with Crippen molar-refractivity contribution < 1.29 is 9.47 Å². The standard InChI is InChI=1S/C17H22N2O2/c1-20-15-6-5-7-16-17(15)14-11-19(9-4-2-3-8-18)10-13(14)12-21-16/h5-7,13-14H,2-4,9-12H2,1H3/t13-,14+/m1/s1. The summed E-state index contributed by atoms with van der Waals surface area (Å²) in [7, 11) is 1.73. The van der Waals surface area contributed by atoms with E-state index in [1.54, 1.807) is 7.11 Å². The van der Waals surface area contributed by atoms with E-state index in [1.165, 1.54) is 5.56 Å². The molecule has 0 spiro atoms. The molecule has 3 rings (SSSR count). The minimum atomic E-state index is 0.515. The fourth-order valence-corrected chi connectivity index (χ4v) is 3.57. The molecule has 0 N–H and O–H groups in total. The Bertz CT molecular complexity index is 524. The number of likely N-dealkylation sites (tertiary alicyclic amines) is 1. The molecule has 2 aliphatic heterocycles. The van der Waals surface area contributed by atoms with Gasteiger partial charge in [0, 0.05) is 36.9 Å². The first-order chi connectivity index (χ1) is 10.3. The first-order valence-corrected chi connectivity index (χ1v) is 7.72. The molecule has 0 bridgehead atoms. The molecular weight excluding hydrogens is 264 g/mol. The number of unbranched alkanes of at least 4 members (excludes halogenated alkanes) is 2. The van der Waals surface area contributed by atoms with Crippen molar-refractivity contribution in [1.29, 1.82) is 5.26 Å². The average Bonchev–Trinajstić information content (AvgIpc) is 2.94. The molecule has 0 aliphatic carbocycles. The van der Waals surface area contributed by atoms with Gasteiger partial charge in [0.1, 0.15) is 11.5 Å². The van der Waals surface area contributed by atoms with Gasteiger partial charge in [-0.15, -0.1) is 0 Å². The van der Waals surface area contributed by atoms with Gasteiger partial charge >= 0.3 is 0 Å². The number of hydrogen-bond acceptors (Lipinski definition) is 4. The van der Waals surface area contributed by atoms with Crippen LogP contribution in [0.4, 0.5) is 0 Å². The molecule has 112 valence electrons. The molecule has 1 aromatic rings. The summed E-state index contributed by atoms with van der Waals surface area (Å²) in [4.78, 5) is 2.51. The Labute approximate surface area is 126 Å². The van der Waals surface area contributed by atoms with Crippen molar-refractivity contribution in [1.82, 2.24) is 4.90 Å². The Hall–Kier alpha value is -1.73. The number of nitrogens with zero attached hydrogens (tertiary/aromatic N) is 2. The van der Waals surface area contributed by atoms with Crippen LogP contribution >= 0.6 is 0 Å². The van der Waals surface area contributed by atoms with Gasteiger partial charge in [0.15, 0.2) is 0 Å². The minimum absolute atomic E-state index is 0.515. The van der Waals surface area contributed by atoms with Gasteiger partial charge in [-0.3, -0.25) is 0 Å². The molecule has 1 aromatic carbocycles. The van der Waals surface area contributed by atoms with Gasteiger partial charge < -0.3 is 14.4 Å². The Morgan fingerprint density at radius 1 is 1.38 bits per heavy atom. The number of methoxy groups -OCH3 is 1. The SMILES string of the molecule is COc1cccc2c1[C@H]1CN(CCCCC#N)C[C@@H]1CO2. The van der Waals surface area contributed by atoms with Crippen LogP contribution in [0.5, 0.6) is 11.5 Å². The van der Waals surface area contributed by atoms with E-state index in [-0.39, 0.29) is 0 Å². The number of fused-ring (bicyclic) bond motifs is 3. The molecule has 0 amide bonds. The van der Waals surface area contributed by atoms with Crippen molar-refractivity contribution in [3.8, 4) is 17.6 Å². The number of hydrogen-bond donors (Lipinski definition) is 0. The summed E-state index contributed by atoms with van der Waals surface area (Å²) in [6.07, 6.45) is 2.77. The van der Waals surface area contributed by atoms with Crippen LogP contribution in [-0.2, 0) is 0 Å². The predicted molar refractivity (Wildman–Crippen MR) is 80.6 cm³/mol. The quantitative estimate of drug-likeness (QED) is 0.781. The normalized spacial score (nSPS) is 23.8. The highest BCUT2D eigenvalue weighted by Crippen LogP contribution is 2.45. The molecule has 0 radical (unpaired) electrons. The van der Waals surface area contributed by atoms with E-state index >= 15 is 0 Å². The second-order valence-electron chi connectivity index (χ2n) is 5.92. The largest absolute Gasteiger partial charge is 0.496 e. The van der Waals surface area contributed by atoms with Gasteiger partial charge in [-0.1, -0.05) is 6.07 Å². The molecule has 2 heterocycles. The van der Waals surface area contributed by atoms with Crippen LogP contribution in [0.25, 0.3) is 0 Å². The third-order valence-corrected chi connectivity index (χ3v) is 4.60. The second-order valence-corrected chi connectivity index (χ2v) is 5.92. The summed E-state index contributed by atoms with van der Waals surface area (Å²) in [5.41, 5.74) is 1.25. The van der Waals surface area contributed by atoms with Crippen LogP contribution in [-0.4, -0.2) is 38.3 Å². The van der Waals surface area contributed by atoms with E-state index in [1.807, 2.05) is 18.2 Å². The Morgan fingerprint density at radius 2 is 2.29 bits per heavy atom. The van der Waals surface area contributed by atoms with Crippen LogP contribution in [0.15, 0.2) is 18.2 Å². The first kappa shape index (κ1) is 14.2. The molecule has 1 fully saturated rings. The summed E-state index contributed by atoms with van der Waals surface area (Å²) < 4.78 is 11.5. The smallest absolute Gasteiger partial charge is 0.126 e. The fraction of sp³-hybridized carbons (Fsp3) is 0.588. The van der Waals surface area contributed by atoms with Crippen LogP contribution in [0.1, 0.15) is 30.7 Å². The van der Waals surface area contributed by atoms with Crippen molar-refractivity contribution in [3.63, 3.8) is 0 Å². The lowest BCUT2D eigenvalue weighted by Gasteiger charge is -2.29. The summed E-state index contributed by atoms with van der Waals surface area (Å²) in [5.74, 6) is 3.01. The molecule has 0 unspecified atom stereocenters. The predicted octanol–water partition coefficient (Wildman–Crippen LogP) is 2.80. The first-order valence-electron chi connectivity index (χ1n) is 7.72. The fourth-order valence-electron chi connectivity index (χ4n) is 3.57. The third kappa shape index (κ3) is 2.84. The summed E-state index contributed by atoms with van der Waals surface area (Å²) in [5, 5.41) is 8.60. The third-order valence-electron chi connectivity index (χ3n) is 4.60. The van der Waals surface area contributed by atoms with E-state index in [2.05, 4.69) is 11.0 Å². The average molecular weight is 286 g/mol. The zero-order valence-corrected chi connectivity index (χ0v) is 12.5. The van der Waals surface area contributed by atoms with Gasteiger partial charge in [-0.25, -0.2) is 0 Å². The van der Waals surface area contributed by atoms with Gasteiger partial charge in [0.05, 0.1) is 19.8 Å². The van der Waals surface area contributed by atoms with Crippen LogP contribution in [0.3, 0.4) is 0 Å². The Balaban J connectivity index is 1.69. The monoisotopic (exact) mass is 286 g/mol. The molecule has 0 aromatic heterocycles. The topological polar surface area (TPSA) is 45.5 Å². The number of ether oxygens (including phenoxy) is 2. The van der Waals surface area contributed by atoms with Crippen LogP contribution < -0.4 is 9.47 Å². The highest BCUT2D eigenvalue weighted by Gasteiger charge is 2.40. The maximum Gasteiger partial charge on any atom is 0.126 e. The lowest BCUT2D eigenvalue weighted by molar-refractivity contribution is 0.209. The number of rotatable bonds is 5. The molecule has 1 saturated heterocycles. The minimum Gasteiger partial charge on any atom is -0.496 e. The molecule has 21 heavy (non-hydrogen) atoms. The number of benzene rings is 1. The summed E-state index contributed by atoms with van der Waals surface area (Å²) >= 11 is 0. The van der Waals surface area contributed by atoms with E-state index in [4.69, 9.17) is 14.7 Å². The molecule has 4 heteroatoms. The maximum atomic E-state index is 8.60. The van der Waals surface area contributed by atoms with E-state index in [0.717, 1.165) is 50.6 Å². The number of nitriles is 1. The van der Waals surface area contributed by atoms with Gasteiger partial charge in [0.25, 0.3) is 0 Å². The zero-order valence-electron chi connectivity index (χ0n) is 12.5. The highest BCUT2D eigenvalue weighted by atomic mass is 16.5. The van der Waals surface area contributed by atoms with E-state index < -0.39 is 0 Å². The Kier molecular flexibility index (Phi) is 4.31. The molecule has 4 nitrogen and oxygen atoms in total. The van der Waals surface area contributed by atoms with Crippen molar-refractivity contribution in [3.05, 3.63) is 23.8 Å². The zero-order chi connectivity index (χ0) is 14.7. The van der Waals surface area contributed by atoms with Crippen LogP contribution in [0.2, 0.25) is 0 Å². The van der Waals surface area contributed by atoms with Crippen molar-refractivity contribution >= 4 is 0 Å². The molecule has 0 saturated carbocycles. The van der Waals surface area contributed by atoms with Crippen molar-refractivity contribution in [2.75, 3.05) is 33.4 Å². The molecular formula is C17H22N2O2.